The largest absolute Gasteiger partial charge is 0.442 e. The van der Waals surface area contributed by atoms with Gasteiger partial charge in [0.25, 0.3) is 5.91 Å². The van der Waals surface area contributed by atoms with Crippen LogP contribution >= 0.6 is 0 Å². The van der Waals surface area contributed by atoms with Gasteiger partial charge in [-0.15, -0.1) is 0 Å². The first-order valence-corrected chi connectivity index (χ1v) is 9.67. The van der Waals surface area contributed by atoms with Gasteiger partial charge in [-0.3, -0.25) is 10.1 Å². The minimum atomic E-state index is -1.12. The summed E-state index contributed by atoms with van der Waals surface area (Å²) < 4.78 is 5.45. The molecule has 4 rings (SSSR count). The highest BCUT2D eigenvalue weighted by molar-refractivity contribution is 6.19. The van der Waals surface area contributed by atoms with E-state index in [4.69, 9.17) is 4.74 Å². The van der Waals surface area contributed by atoms with Crippen LogP contribution in [0.25, 0.3) is 0 Å². The second-order valence-corrected chi connectivity index (χ2v) is 6.88. The highest BCUT2D eigenvalue weighted by atomic mass is 16.6. The van der Waals surface area contributed by atoms with Crippen LogP contribution in [0.5, 0.6) is 0 Å². The number of nitrogens with zero attached hydrogens (tertiary/aromatic N) is 1. The molecule has 1 aliphatic heterocycles. The van der Waals surface area contributed by atoms with Gasteiger partial charge in [0.1, 0.15) is 6.10 Å². The van der Waals surface area contributed by atoms with E-state index in [1.165, 1.54) is 0 Å². The first kappa shape index (κ1) is 19.4. The van der Waals surface area contributed by atoms with Gasteiger partial charge >= 0.3 is 6.09 Å². The van der Waals surface area contributed by atoms with Crippen molar-refractivity contribution in [3.8, 4) is 0 Å². The number of carbonyl (C=O) groups excluding carboxylic acids is 2. The smallest absolute Gasteiger partial charge is 0.409 e. The Morgan fingerprint density at radius 1 is 0.967 bits per heavy atom. The van der Waals surface area contributed by atoms with Crippen LogP contribution in [0.1, 0.15) is 29.7 Å². The Labute approximate surface area is 174 Å². The number of benzodiazepines with no additional fused rings is 1. The molecular formula is C24H21N3O3. The number of anilines is 1. The molecule has 6 nitrogen and oxygen atoms in total. The van der Waals surface area contributed by atoms with E-state index in [0.29, 0.717) is 11.4 Å². The fourth-order valence-corrected chi connectivity index (χ4v) is 3.28. The van der Waals surface area contributed by atoms with E-state index in [-0.39, 0.29) is 0 Å². The number of aliphatic imine (C=N–C) groups is 1. The molecule has 0 saturated heterocycles. The number of hydrogen-bond donors (Lipinski definition) is 2. The van der Waals surface area contributed by atoms with Crippen LogP contribution in [-0.4, -0.2) is 23.9 Å². The van der Waals surface area contributed by atoms with Crippen molar-refractivity contribution in [2.45, 2.75) is 19.2 Å². The molecule has 0 bridgehead atoms. The number of fused-ring (bicyclic) bond motifs is 1. The van der Waals surface area contributed by atoms with E-state index in [0.717, 1.165) is 16.7 Å². The average molecular weight is 399 g/mol. The summed E-state index contributed by atoms with van der Waals surface area (Å²) in [5.41, 5.74) is 3.75. The number of ether oxygens (including phenoxy) is 1. The van der Waals surface area contributed by atoms with E-state index in [2.05, 4.69) is 15.6 Å². The Kier molecular flexibility index (Phi) is 5.57. The predicted molar refractivity (Wildman–Crippen MR) is 115 cm³/mol. The van der Waals surface area contributed by atoms with Gasteiger partial charge in [0.2, 0.25) is 6.17 Å². The van der Waals surface area contributed by atoms with Crippen molar-refractivity contribution in [1.82, 2.24) is 5.32 Å². The maximum absolute atomic E-state index is 12.8. The normalized spacial score (nSPS) is 16.4. The number of benzene rings is 3. The summed E-state index contributed by atoms with van der Waals surface area (Å²) in [4.78, 5) is 29.8. The zero-order valence-electron chi connectivity index (χ0n) is 16.4. The maximum atomic E-state index is 12.8. The summed E-state index contributed by atoms with van der Waals surface area (Å²) in [6.45, 7) is 1.77. The average Bonchev–Trinajstić information content (AvgIpc) is 2.91. The Hall–Kier alpha value is -3.93. The van der Waals surface area contributed by atoms with Gasteiger partial charge in [-0.1, -0.05) is 78.9 Å². The summed E-state index contributed by atoms with van der Waals surface area (Å²) >= 11 is 0. The monoisotopic (exact) mass is 399 g/mol. The van der Waals surface area contributed by atoms with Crippen LogP contribution in [-0.2, 0) is 9.53 Å². The molecule has 0 aliphatic carbocycles. The molecule has 3 aromatic rings. The summed E-state index contributed by atoms with van der Waals surface area (Å²) in [5.74, 6) is -0.433. The van der Waals surface area contributed by atoms with Crippen molar-refractivity contribution in [2.75, 3.05) is 5.32 Å². The molecule has 0 fully saturated rings. The minimum absolute atomic E-state index is 0.433. The fourth-order valence-electron chi connectivity index (χ4n) is 3.28. The summed E-state index contributed by atoms with van der Waals surface area (Å²) in [6.07, 6.45) is -2.30. The van der Waals surface area contributed by atoms with Crippen molar-refractivity contribution in [3.05, 3.63) is 102 Å². The molecule has 2 N–H and O–H groups in total. The molecule has 3 aromatic carbocycles. The van der Waals surface area contributed by atoms with Crippen LogP contribution < -0.4 is 10.6 Å². The number of hydrogen-bond acceptors (Lipinski definition) is 4. The SMILES string of the molecule is C[C@@H](OC(=O)NC1N=C(c2ccccc2)c2ccccc2NC1=O)c1ccccc1. The van der Waals surface area contributed by atoms with Crippen molar-refractivity contribution in [1.29, 1.82) is 0 Å². The highest BCUT2D eigenvalue weighted by Crippen LogP contribution is 2.24. The molecule has 1 aliphatic rings. The lowest BCUT2D eigenvalue weighted by Crippen LogP contribution is -2.42. The maximum Gasteiger partial charge on any atom is 0.409 e. The molecule has 150 valence electrons. The third-order valence-electron chi connectivity index (χ3n) is 4.80. The van der Waals surface area contributed by atoms with Crippen molar-refractivity contribution in [3.63, 3.8) is 0 Å². The van der Waals surface area contributed by atoms with Gasteiger partial charge in [-0.2, -0.15) is 0 Å². The molecule has 0 saturated carbocycles. The molecule has 6 heteroatoms. The zero-order valence-corrected chi connectivity index (χ0v) is 16.4. The predicted octanol–water partition coefficient (Wildman–Crippen LogP) is 4.29. The van der Waals surface area contributed by atoms with Crippen molar-refractivity contribution < 1.29 is 14.3 Å². The van der Waals surface area contributed by atoms with E-state index in [1.54, 1.807) is 6.92 Å². The molecule has 1 unspecified atom stereocenters. The van der Waals surface area contributed by atoms with Gasteiger partial charge in [0.15, 0.2) is 0 Å². The van der Waals surface area contributed by atoms with Gasteiger partial charge in [-0.05, 0) is 18.6 Å². The topological polar surface area (TPSA) is 79.8 Å². The van der Waals surface area contributed by atoms with E-state index < -0.39 is 24.3 Å². The molecule has 0 radical (unpaired) electrons. The summed E-state index contributed by atoms with van der Waals surface area (Å²) in [7, 11) is 0. The highest BCUT2D eigenvalue weighted by Gasteiger charge is 2.28. The van der Waals surface area contributed by atoms with Crippen LogP contribution in [0.3, 0.4) is 0 Å². The third kappa shape index (κ3) is 4.22. The Morgan fingerprint density at radius 2 is 1.60 bits per heavy atom. The van der Waals surface area contributed by atoms with E-state index in [9.17, 15) is 9.59 Å². The third-order valence-corrected chi connectivity index (χ3v) is 4.80. The van der Waals surface area contributed by atoms with Crippen LogP contribution in [0, 0.1) is 0 Å². The van der Waals surface area contributed by atoms with Crippen LogP contribution in [0.4, 0.5) is 10.5 Å². The van der Waals surface area contributed by atoms with Gasteiger partial charge in [-0.25, -0.2) is 9.79 Å². The quantitative estimate of drug-likeness (QED) is 0.687. The molecule has 2 atom stereocenters. The number of nitrogens with one attached hydrogen (secondary N) is 2. The zero-order chi connectivity index (χ0) is 20.9. The Bertz CT molecular complexity index is 1080. The van der Waals surface area contributed by atoms with Crippen LogP contribution in [0.2, 0.25) is 0 Å². The van der Waals surface area contributed by atoms with Gasteiger partial charge < -0.3 is 10.1 Å². The van der Waals surface area contributed by atoms with Crippen molar-refractivity contribution in [2.24, 2.45) is 4.99 Å². The number of rotatable bonds is 4. The van der Waals surface area contributed by atoms with E-state index >= 15 is 0 Å². The molecular weight excluding hydrogens is 378 g/mol. The molecule has 0 spiro atoms. The van der Waals surface area contributed by atoms with Crippen LogP contribution in [0.15, 0.2) is 89.9 Å². The molecule has 1 heterocycles. The number of carbonyl (C=O) groups is 2. The van der Waals surface area contributed by atoms with E-state index in [1.807, 2.05) is 84.9 Å². The Morgan fingerprint density at radius 3 is 2.33 bits per heavy atom. The fraction of sp³-hybridized carbons (Fsp3) is 0.125. The standard InChI is InChI=1S/C24H21N3O3/c1-16(17-10-4-2-5-11-17)30-24(29)27-22-23(28)25-20-15-9-8-14-19(20)21(26-22)18-12-6-3-7-13-18/h2-16,22H,1H3,(H,25,28)(H,27,29)/t16-,22?/m1/s1. The lowest BCUT2D eigenvalue weighted by Gasteiger charge is -2.17. The van der Waals surface area contributed by atoms with Gasteiger partial charge in [0.05, 0.1) is 11.4 Å². The van der Waals surface area contributed by atoms with Crippen molar-refractivity contribution >= 4 is 23.4 Å². The minimum Gasteiger partial charge on any atom is -0.442 e. The number of alkyl carbamates (subject to hydrolysis) is 1. The Balaban J connectivity index is 1.60. The lowest BCUT2D eigenvalue weighted by molar-refractivity contribution is -0.117. The second-order valence-electron chi connectivity index (χ2n) is 6.88. The number of amides is 2. The lowest BCUT2D eigenvalue weighted by atomic mass is 10.0. The molecule has 30 heavy (non-hydrogen) atoms. The first-order chi connectivity index (χ1) is 14.6. The summed E-state index contributed by atoms with van der Waals surface area (Å²) in [6, 6.07) is 26.4. The summed E-state index contributed by atoms with van der Waals surface area (Å²) in [5, 5.41) is 5.42. The molecule has 2 amide bonds. The molecule has 0 aromatic heterocycles. The second kappa shape index (κ2) is 8.61. The number of para-hydroxylation sites is 1. The first-order valence-electron chi connectivity index (χ1n) is 9.67. The van der Waals surface area contributed by atoms with Gasteiger partial charge in [0, 0.05) is 11.1 Å².